The summed E-state index contributed by atoms with van der Waals surface area (Å²) in [5.41, 5.74) is 1.75. The summed E-state index contributed by atoms with van der Waals surface area (Å²) >= 11 is 12.3. The van der Waals surface area contributed by atoms with E-state index in [-0.39, 0.29) is 20.6 Å². The fourth-order valence-electron chi connectivity index (χ4n) is 3.51. The van der Waals surface area contributed by atoms with Gasteiger partial charge in [0.05, 0.1) is 30.8 Å². The molecule has 7 nitrogen and oxygen atoms in total. The van der Waals surface area contributed by atoms with E-state index in [2.05, 4.69) is 5.32 Å². The Morgan fingerprint density at radius 3 is 2.17 bits per heavy atom. The maximum absolute atomic E-state index is 13.6. The van der Waals surface area contributed by atoms with E-state index in [1.807, 2.05) is 6.92 Å². The molecule has 3 rings (SSSR count). The molecule has 1 N–H and O–H groups in total. The molecule has 0 saturated carbocycles. The van der Waals surface area contributed by atoms with Crippen LogP contribution in [0.4, 0.5) is 5.69 Å². The second kappa shape index (κ2) is 11.2. The number of nitrogens with one attached hydrogen (secondary N) is 1. The topological polar surface area (TPSA) is 84.9 Å². The van der Waals surface area contributed by atoms with Crippen molar-refractivity contribution in [2.45, 2.75) is 24.8 Å². The normalized spacial score (nSPS) is 12.1. The standard InChI is InChI=1S/C25H26Cl2N2O5S/c1-16-5-8-22(9-6-16)35(31,32)29(20-12-18(26)11-19(27)13-20)15-25(30)28-17(2)23-14-21(33-3)7-10-24(23)34-4/h5-14,17H,15H2,1-4H3,(H,28,30)/t17-/m1/s1. The average Bonchev–Trinajstić information content (AvgIpc) is 2.81. The van der Waals surface area contributed by atoms with E-state index >= 15 is 0 Å². The predicted molar refractivity (Wildman–Crippen MR) is 138 cm³/mol. The molecule has 0 aliphatic heterocycles. The van der Waals surface area contributed by atoms with Crippen LogP contribution < -0.4 is 19.1 Å². The molecule has 0 radical (unpaired) electrons. The average molecular weight is 537 g/mol. The smallest absolute Gasteiger partial charge is 0.264 e. The highest BCUT2D eigenvalue weighted by atomic mass is 35.5. The molecule has 0 fully saturated rings. The number of rotatable bonds is 9. The molecule has 0 aliphatic rings. The van der Waals surface area contributed by atoms with E-state index in [1.165, 1.54) is 37.4 Å². The van der Waals surface area contributed by atoms with Crippen LogP contribution in [0.5, 0.6) is 11.5 Å². The Bertz CT molecular complexity index is 1290. The van der Waals surface area contributed by atoms with Crippen LogP contribution in [0.2, 0.25) is 10.0 Å². The number of carbonyl (C=O) groups excluding carboxylic acids is 1. The van der Waals surface area contributed by atoms with Gasteiger partial charge < -0.3 is 14.8 Å². The SMILES string of the molecule is COc1ccc(OC)c([C@@H](C)NC(=O)CN(c2cc(Cl)cc(Cl)c2)S(=O)(=O)c2ccc(C)cc2)c1. The summed E-state index contributed by atoms with van der Waals surface area (Å²) in [6.45, 7) is 3.13. The van der Waals surface area contributed by atoms with Crippen molar-refractivity contribution < 1.29 is 22.7 Å². The van der Waals surface area contributed by atoms with Gasteiger partial charge in [-0.2, -0.15) is 0 Å². The van der Waals surface area contributed by atoms with Gasteiger partial charge in [0.1, 0.15) is 18.0 Å². The number of benzene rings is 3. The highest BCUT2D eigenvalue weighted by molar-refractivity contribution is 7.92. The van der Waals surface area contributed by atoms with Crippen LogP contribution in [0.1, 0.15) is 24.1 Å². The number of carbonyl (C=O) groups is 1. The second-order valence-electron chi connectivity index (χ2n) is 7.85. The number of anilines is 1. The summed E-state index contributed by atoms with van der Waals surface area (Å²) in [4.78, 5) is 13.1. The quantitative estimate of drug-likeness (QED) is 0.396. The Balaban J connectivity index is 1.95. The zero-order chi connectivity index (χ0) is 25.8. The van der Waals surface area contributed by atoms with E-state index < -0.39 is 28.5 Å². The van der Waals surface area contributed by atoms with Gasteiger partial charge in [-0.15, -0.1) is 0 Å². The molecule has 3 aromatic rings. The molecule has 0 heterocycles. The Labute approximate surface area is 215 Å². The molecule has 3 aromatic carbocycles. The lowest BCUT2D eigenvalue weighted by Gasteiger charge is -2.26. The monoisotopic (exact) mass is 536 g/mol. The number of ether oxygens (including phenoxy) is 2. The van der Waals surface area contributed by atoms with Gasteiger partial charge in [0.25, 0.3) is 10.0 Å². The van der Waals surface area contributed by atoms with Crippen molar-refractivity contribution in [2.75, 3.05) is 25.1 Å². The highest BCUT2D eigenvalue weighted by Gasteiger charge is 2.28. The van der Waals surface area contributed by atoms with Crippen LogP contribution in [-0.4, -0.2) is 35.1 Å². The molecule has 1 amide bonds. The summed E-state index contributed by atoms with van der Waals surface area (Å²) in [5, 5.41) is 3.32. The number of halogens is 2. The Morgan fingerprint density at radius 2 is 1.60 bits per heavy atom. The highest BCUT2D eigenvalue weighted by Crippen LogP contribution is 2.31. The van der Waals surface area contributed by atoms with E-state index in [9.17, 15) is 13.2 Å². The van der Waals surface area contributed by atoms with Gasteiger partial charge in [-0.05, 0) is 62.4 Å². The molecule has 186 valence electrons. The van der Waals surface area contributed by atoms with Gasteiger partial charge >= 0.3 is 0 Å². The third-order valence-electron chi connectivity index (χ3n) is 5.31. The van der Waals surface area contributed by atoms with Gasteiger partial charge in [0.2, 0.25) is 5.91 Å². The molecular weight excluding hydrogens is 511 g/mol. The molecule has 35 heavy (non-hydrogen) atoms. The van der Waals surface area contributed by atoms with Crippen LogP contribution in [0, 0.1) is 6.92 Å². The number of amides is 1. The molecule has 0 saturated heterocycles. The van der Waals surface area contributed by atoms with Gasteiger partial charge in [-0.25, -0.2) is 8.42 Å². The summed E-state index contributed by atoms with van der Waals surface area (Å²) in [6.07, 6.45) is 0. The Kier molecular flexibility index (Phi) is 8.53. The minimum absolute atomic E-state index is 0.0366. The van der Waals surface area contributed by atoms with Crippen LogP contribution in [0.15, 0.2) is 65.6 Å². The maximum Gasteiger partial charge on any atom is 0.264 e. The van der Waals surface area contributed by atoms with Crippen LogP contribution in [-0.2, 0) is 14.8 Å². The van der Waals surface area contributed by atoms with Crippen LogP contribution >= 0.6 is 23.2 Å². The summed E-state index contributed by atoms with van der Waals surface area (Å²) in [6, 6.07) is 15.5. The molecule has 1 atom stereocenters. The van der Waals surface area contributed by atoms with Crippen molar-refractivity contribution in [3.63, 3.8) is 0 Å². The number of hydrogen-bond donors (Lipinski definition) is 1. The molecule has 0 unspecified atom stereocenters. The van der Waals surface area contributed by atoms with Gasteiger partial charge in [0, 0.05) is 15.6 Å². The van der Waals surface area contributed by atoms with E-state index in [4.69, 9.17) is 32.7 Å². The predicted octanol–water partition coefficient (Wildman–Crippen LogP) is 5.39. The van der Waals surface area contributed by atoms with Crippen molar-refractivity contribution >= 4 is 44.8 Å². The first-order valence-corrected chi connectivity index (χ1v) is 12.8. The van der Waals surface area contributed by atoms with Crippen LogP contribution in [0.3, 0.4) is 0 Å². The van der Waals surface area contributed by atoms with Gasteiger partial charge in [-0.1, -0.05) is 40.9 Å². The van der Waals surface area contributed by atoms with Gasteiger partial charge in [0.15, 0.2) is 0 Å². The minimum atomic E-state index is -4.11. The number of sulfonamides is 1. The van der Waals surface area contributed by atoms with Crippen LogP contribution in [0.25, 0.3) is 0 Å². The molecule has 0 aromatic heterocycles. The molecule has 0 bridgehead atoms. The van der Waals surface area contributed by atoms with Crippen molar-refractivity contribution in [3.8, 4) is 11.5 Å². The first kappa shape index (κ1) is 26.7. The minimum Gasteiger partial charge on any atom is -0.497 e. The summed E-state index contributed by atoms with van der Waals surface area (Å²) in [7, 11) is -1.05. The lowest BCUT2D eigenvalue weighted by molar-refractivity contribution is -0.120. The Hall–Kier alpha value is -2.94. The van der Waals surface area contributed by atoms with E-state index in [0.29, 0.717) is 17.1 Å². The molecule has 0 aliphatic carbocycles. The zero-order valence-corrected chi connectivity index (χ0v) is 22.0. The Morgan fingerprint density at radius 1 is 0.971 bits per heavy atom. The molecule has 0 spiro atoms. The summed E-state index contributed by atoms with van der Waals surface area (Å²) < 4.78 is 38.8. The van der Waals surface area contributed by atoms with Crippen molar-refractivity contribution in [2.24, 2.45) is 0 Å². The zero-order valence-electron chi connectivity index (χ0n) is 19.7. The fraction of sp³-hybridized carbons (Fsp3) is 0.240. The summed E-state index contributed by atoms with van der Waals surface area (Å²) in [5.74, 6) is 0.623. The molecular formula is C25H26Cl2N2O5S. The van der Waals surface area contributed by atoms with Crippen molar-refractivity contribution in [3.05, 3.63) is 81.8 Å². The lowest BCUT2D eigenvalue weighted by atomic mass is 10.1. The molecule has 10 heteroatoms. The lowest BCUT2D eigenvalue weighted by Crippen LogP contribution is -2.41. The van der Waals surface area contributed by atoms with E-state index in [0.717, 1.165) is 9.87 Å². The second-order valence-corrected chi connectivity index (χ2v) is 10.6. The first-order chi connectivity index (χ1) is 16.5. The number of aryl methyl sites for hydroxylation is 1. The van der Waals surface area contributed by atoms with Crippen molar-refractivity contribution in [1.82, 2.24) is 5.32 Å². The van der Waals surface area contributed by atoms with Crippen molar-refractivity contribution in [1.29, 1.82) is 0 Å². The number of hydrogen-bond acceptors (Lipinski definition) is 5. The van der Waals surface area contributed by atoms with E-state index in [1.54, 1.807) is 44.4 Å². The number of nitrogens with zero attached hydrogens (tertiary/aromatic N) is 1. The van der Waals surface area contributed by atoms with Gasteiger partial charge in [-0.3, -0.25) is 9.10 Å². The maximum atomic E-state index is 13.6. The number of methoxy groups -OCH3 is 2. The third-order valence-corrected chi connectivity index (χ3v) is 7.54. The third kappa shape index (κ3) is 6.39. The first-order valence-electron chi connectivity index (χ1n) is 10.6. The fourth-order valence-corrected chi connectivity index (χ4v) is 5.43. The largest absolute Gasteiger partial charge is 0.497 e.